The zero-order valence-corrected chi connectivity index (χ0v) is 21.5. The highest BCUT2D eigenvalue weighted by atomic mass is 16.4. The summed E-state index contributed by atoms with van der Waals surface area (Å²) in [5.41, 5.74) is 20.9. The molecule has 40 heavy (non-hydrogen) atoms. The van der Waals surface area contributed by atoms with Crippen LogP contribution in [-0.4, -0.2) is 93.7 Å². The molecule has 224 valence electrons. The number of aliphatic carboxylic acids is 2. The summed E-state index contributed by atoms with van der Waals surface area (Å²) in [7, 11) is 0. The molecule has 19 heteroatoms. The monoisotopic (exact) mass is 574 g/mol. The van der Waals surface area contributed by atoms with Gasteiger partial charge in [-0.15, -0.1) is 0 Å². The molecule has 0 saturated carbocycles. The highest BCUT2D eigenvalue weighted by Gasteiger charge is 2.32. The van der Waals surface area contributed by atoms with E-state index < -0.39 is 96.3 Å². The van der Waals surface area contributed by atoms with Crippen molar-refractivity contribution in [1.82, 2.24) is 21.3 Å². The highest BCUT2D eigenvalue weighted by molar-refractivity contribution is 5.97. The quantitative estimate of drug-likeness (QED) is 0.0689. The molecule has 0 aliphatic rings. The van der Waals surface area contributed by atoms with Gasteiger partial charge in [-0.3, -0.25) is 38.4 Å². The lowest BCUT2D eigenvalue weighted by molar-refractivity contribution is -0.147. The summed E-state index contributed by atoms with van der Waals surface area (Å²) in [5, 5.41) is 26.3. The maximum atomic E-state index is 12.9. The molecule has 0 spiro atoms. The van der Waals surface area contributed by atoms with Crippen LogP contribution >= 0.6 is 0 Å². The molecular formula is C21H34N8O11. The van der Waals surface area contributed by atoms with E-state index in [0.29, 0.717) is 0 Å². The van der Waals surface area contributed by atoms with E-state index in [1.807, 2.05) is 5.32 Å². The van der Waals surface area contributed by atoms with E-state index in [4.69, 9.17) is 33.1 Å². The van der Waals surface area contributed by atoms with Gasteiger partial charge < -0.3 is 54.4 Å². The Morgan fingerprint density at radius 1 is 0.600 bits per heavy atom. The Morgan fingerprint density at radius 3 is 1.55 bits per heavy atom. The zero-order valence-electron chi connectivity index (χ0n) is 21.5. The number of amides is 7. The molecule has 0 unspecified atom stereocenters. The van der Waals surface area contributed by atoms with Crippen LogP contribution < -0.4 is 44.2 Å². The molecule has 0 bridgehead atoms. The number of hydrogen-bond acceptors (Lipinski definition) is 10. The van der Waals surface area contributed by atoms with E-state index in [0.717, 1.165) is 6.92 Å². The molecule has 0 aliphatic heterocycles. The Morgan fingerprint density at radius 2 is 1.07 bits per heavy atom. The average molecular weight is 575 g/mol. The van der Waals surface area contributed by atoms with Gasteiger partial charge in [0, 0.05) is 12.8 Å². The van der Waals surface area contributed by atoms with Gasteiger partial charge in [-0.25, -0.2) is 4.79 Å². The van der Waals surface area contributed by atoms with Gasteiger partial charge in [0.15, 0.2) is 0 Å². The van der Waals surface area contributed by atoms with Crippen LogP contribution in [0.15, 0.2) is 0 Å². The molecule has 0 saturated heterocycles. The normalized spacial score (nSPS) is 14.2. The van der Waals surface area contributed by atoms with Crippen molar-refractivity contribution in [2.24, 2.45) is 22.9 Å². The van der Waals surface area contributed by atoms with Gasteiger partial charge in [-0.05, 0) is 19.8 Å². The fourth-order valence-corrected chi connectivity index (χ4v) is 3.00. The lowest BCUT2D eigenvalue weighted by Crippen LogP contribution is -2.58. The molecular weight excluding hydrogens is 540 g/mol. The molecule has 0 aromatic heterocycles. The van der Waals surface area contributed by atoms with Crippen LogP contribution in [0.1, 0.15) is 45.4 Å². The summed E-state index contributed by atoms with van der Waals surface area (Å²) >= 11 is 0. The lowest BCUT2D eigenvalue weighted by Gasteiger charge is -2.24. The van der Waals surface area contributed by atoms with E-state index in [9.17, 15) is 43.2 Å². The van der Waals surface area contributed by atoms with Crippen molar-refractivity contribution in [2.75, 3.05) is 0 Å². The van der Waals surface area contributed by atoms with Gasteiger partial charge in [-0.2, -0.15) is 0 Å². The van der Waals surface area contributed by atoms with Crippen LogP contribution in [-0.2, 0) is 43.2 Å². The lowest BCUT2D eigenvalue weighted by atomic mass is 10.1. The van der Waals surface area contributed by atoms with E-state index in [2.05, 4.69) is 16.0 Å². The summed E-state index contributed by atoms with van der Waals surface area (Å²) < 4.78 is 0. The first kappa shape index (κ1) is 35.2. The van der Waals surface area contributed by atoms with E-state index in [-0.39, 0.29) is 25.7 Å². The number of nitrogens with one attached hydrogen (secondary N) is 4. The number of nitrogens with two attached hydrogens (primary N) is 4. The first-order valence-corrected chi connectivity index (χ1v) is 11.7. The molecule has 0 rings (SSSR count). The summed E-state index contributed by atoms with van der Waals surface area (Å²) in [5.74, 6) is -9.97. The number of primary amides is 3. The third-order valence-corrected chi connectivity index (χ3v) is 5.13. The first-order chi connectivity index (χ1) is 18.4. The second-order valence-electron chi connectivity index (χ2n) is 8.64. The van der Waals surface area contributed by atoms with Crippen molar-refractivity contribution >= 4 is 53.3 Å². The number of carbonyl (C=O) groups excluding carboxylic acids is 7. The van der Waals surface area contributed by atoms with Gasteiger partial charge in [-0.1, -0.05) is 0 Å². The maximum absolute atomic E-state index is 12.9. The number of carboxylic acids is 2. The second kappa shape index (κ2) is 16.9. The Bertz CT molecular complexity index is 1020. The predicted molar refractivity (Wildman–Crippen MR) is 132 cm³/mol. The molecule has 5 atom stereocenters. The molecule has 0 aliphatic carbocycles. The minimum absolute atomic E-state index is 0.160. The molecule has 14 N–H and O–H groups in total. The van der Waals surface area contributed by atoms with Gasteiger partial charge in [0.2, 0.25) is 41.4 Å². The summed E-state index contributed by atoms with van der Waals surface area (Å²) in [6.07, 6.45) is -2.86. The Labute approximate surface area is 227 Å². The Kier molecular flexibility index (Phi) is 14.9. The summed E-state index contributed by atoms with van der Waals surface area (Å²) in [4.78, 5) is 106. The fourth-order valence-electron chi connectivity index (χ4n) is 3.00. The van der Waals surface area contributed by atoms with Crippen LogP contribution in [0.5, 0.6) is 0 Å². The van der Waals surface area contributed by atoms with Crippen molar-refractivity contribution in [1.29, 1.82) is 0 Å². The smallest absolute Gasteiger partial charge is 0.326 e. The van der Waals surface area contributed by atoms with Crippen molar-refractivity contribution in [3.05, 3.63) is 0 Å². The molecule has 0 heterocycles. The van der Waals surface area contributed by atoms with E-state index in [1.54, 1.807) is 0 Å². The SMILES string of the molecule is C[C@H](NC(=O)[C@H](CC(N)=O)NC(=O)[C@H](CCC(N)=O)NC(=O)[C@@H](N)CCC(N)=O)C(=O)N[C@@H](CC(=O)O)C(=O)O. The Balaban J connectivity index is 5.59. The molecule has 0 aromatic carbocycles. The zero-order chi connectivity index (χ0) is 31.2. The van der Waals surface area contributed by atoms with Crippen molar-refractivity contribution in [2.45, 2.75) is 75.7 Å². The summed E-state index contributed by atoms with van der Waals surface area (Å²) in [6, 6.07) is -7.74. The maximum Gasteiger partial charge on any atom is 0.326 e. The summed E-state index contributed by atoms with van der Waals surface area (Å²) in [6.45, 7) is 1.11. The predicted octanol–water partition coefficient (Wildman–Crippen LogP) is -5.76. The minimum atomic E-state index is -1.81. The molecule has 0 aromatic rings. The van der Waals surface area contributed by atoms with Crippen LogP contribution in [0.3, 0.4) is 0 Å². The van der Waals surface area contributed by atoms with Crippen molar-refractivity contribution in [3.8, 4) is 0 Å². The van der Waals surface area contributed by atoms with Crippen molar-refractivity contribution < 1.29 is 53.4 Å². The van der Waals surface area contributed by atoms with Crippen LogP contribution in [0, 0.1) is 0 Å². The topological polar surface area (TPSA) is 346 Å². The van der Waals surface area contributed by atoms with Crippen molar-refractivity contribution in [3.63, 3.8) is 0 Å². The average Bonchev–Trinajstić information content (AvgIpc) is 2.82. The van der Waals surface area contributed by atoms with Gasteiger partial charge >= 0.3 is 11.9 Å². The fraction of sp³-hybridized carbons (Fsp3) is 0.571. The van der Waals surface area contributed by atoms with Crippen LogP contribution in [0.4, 0.5) is 0 Å². The molecule has 7 amide bonds. The van der Waals surface area contributed by atoms with Gasteiger partial charge in [0.05, 0.1) is 18.9 Å². The number of carboxylic acid groups (broad SMARTS) is 2. The third kappa shape index (κ3) is 14.2. The van der Waals surface area contributed by atoms with E-state index in [1.165, 1.54) is 0 Å². The molecule has 0 radical (unpaired) electrons. The van der Waals surface area contributed by atoms with Gasteiger partial charge in [0.25, 0.3) is 0 Å². The highest BCUT2D eigenvalue weighted by Crippen LogP contribution is 2.04. The molecule has 19 nitrogen and oxygen atoms in total. The minimum Gasteiger partial charge on any atom is -0.481 e. The first-order valence-electron chi connectivity index (χ1n) is 11.7. The third-order valence-electron chi connectivity index (χ3n) is 5.13. The second-order valence-corrected chi connectivity index (χ2v) is 8.64. The number of rotatable bonds is 19. The Hall–Kier alpha value is -4.81. The standard InChI is InChI=1S/C21H34N8O11/c1-8(17(35)29-12(21(39)40)7-16(33)34)26-20(38)11(6-15(25)32)28-19(37)10(3-5-14(24)31)27-18(36)9(22)2-4-13(23)30/h8-12H,2-7,22H2,1H3,(H2,23,30)(H2,24,31)(H2,25,32)(H,26,38)(H,27,36)(H,28,37)(H,29,35)(H,33,34)(H,39,40)/t8-,9-,10-,11-,12-/m0/s1. The van der Waals surface area contributed by atoms with Crippen LogP contribution in [0.2, 0.25) is 0 Å². The van der Waals surface area contributed by atoms with Crippen LogP contribution in [0.25, 0.3) is 0 Å². The molecule has 0 fully saturated rings. The van der Waals surface area contributed by atoms with E-state index >= 15 is 0 Å². The number of carbonyl (C=O) groups is 9. The largest absolute Gasteiger partial charge is 0.481 e. The number of hydrogen-bond donors (Lipinski definition) is 10. The van der Waals surface area contributed by atoms with Gasteiger partial charge in [0.1, 0.15) is 24.2 Å².